The second-order valence-corrected chi connectivity index (χ2v) is 6.01. The van der Waals surface area contributed by atoms with Gasteiger partial charge in [-0.05, 0) is 38.8 Å². The molecule has 0 atom stereocenters. The molecular weight excluding hydrogens is 254 g/mol. The van der Waals surface area contributed by atoms with Gasteiger partial charge in [0.1, 0.15) is 0 Å². The van der Waals surface area contributed by atoms with Crippen LogP contribution in [0.3, 0.4) is 0 Å². The number of ether oxygens (including phenoxy) is 1. The zero-order valence-electron chi connectivity index (χ0n) is 12.9. The summed E-state index contributed by atoms with van der Waals surface area (Å²) in [5.74, 6) is 0.138. The van der Waals surface area contributed by atoms with Crippen LogP contribution in [0, 0.1) is 0 Å². The van der Waals surface area contributed by atoms with E-state index in [0.717, 1.165) is 39.0 Å². The molecule has 116 valence electrons. The molecule has 0 spiro atoms. The van der Waals surface area contributed by atoms with E-state index in [2.05, 4.69) is 18.7 Å². The summed E-state index contributed by atoms with van der Waals surface area (Å²) in [6, 6.07) is 0.623. The molecule has 1 amide bonds. The zero-order valence-corrected chi connectivity index (χ0v) is 12.9. The lowest BCUT2D eigenvalue weighted by Gasteiger charge is -2.42. The van der Waals surface area contributed by atoms with Crippen LogP contribution in [-0.4, -0.2) is 66.7 Å². The largest absolute Gasteiger partial charge is 0.381 e. The average Bonchev–Trinajstić information content (AvgIpc) is 2.49. The smallest absolute Gasteiger partial charge is 0.242 e. The highest BCUT2D eigenvalue weighted by atomic mass is 16.5. The lowest BCUT2D eigenvalue weighted by atomic mass is 9.88. The second kappa shape index (κ2) is 6.87. The predicted molar refractivity (Wildman–Crippen MR) is 79.5 cm³/mol. The Morgan fingerprint density at radius 3 is 2.30 bits per heavy atom. The lowest BCUT2D eigenvalue weighted by Crippen LogP contribution is -2.60. The SMILES string of the molecule is CCN(CC)C1CCN(C(=O)C2(N)CCOCC2)CC1. The fourth-order valence-electron chi connectivity index (χ4n) is 3.44. The van der Waals surface area contributed by atoms with Crippen molar-refractivity contribution in [3.05, 3.63) is 0 Å². The number of hydrogen-bond donors (Lipinski definition) is 1. The number of carbonyl (C=O) groups excluding carboxylic acids is 1. The van der Waals surface area contributed by atoms with Gasteiger partial charge in [-0.25, -0.2) is 0 Å². The van der Waals surface area contributed by atoms with Gasteiger partial charge >= 0.3 is 0 Å². The molecule has 5 nitrogen and oxygen atoms in total. The minimum absolute atomic E-state index is 0.138. The number of likely N-dealkylation sites (tertiary alicyclic amines) is 1. The summed E-state index contributed by atoms with van der Waals surface area (Å²) >= 11 is 0. The first-order chi connectivity index (χ1) is 9.60. The van der Waals surface area contributed by atoms with Crippen LogP contribution in [-0.2, 0) is 9.53 Å². The fourth-order valence-corrected chi connectivity index (χ4v) is 3.44. The summed E-state index contributed by atoms with van der Waals surface area (Å²) in [4.78, 5) is 17.1. The average molecular weight is 283 g/mol. The van der Waals surface area contributed by atoms with Crippen molar-refractivity contribution in [3.63, 3.8) is 0 Å². The summed E-state index contributed by atoms with van der Waals surface area (Å²) in [7, 11) is 0. The Balaban J connectivity index is 1.88. The van der Waals surface area contributed by atoms with Gasteiger partial charge in [-0.1, -0.05) is 13.8 Å². The van der Waals surface area contributed by atoms with E-state index in [1.807, 2.05) is 4.90 Å². The van der Waals surface area contributed by atoms with Crippen LogP contribution in [0.4, 0.5) is 0 Å². The van der Waals surface area contributed by atoms with Crippen LogP contribution >= 0.6 is 0 Å². The summed E-state index contributed by atoms with van der Waals surface area (Å²) < 4.78 is 5.32. The van der Waals surface area contributed by atoms with Crippen LogP contribution < -0.4 is 5.73 Å². The van der Waals surface area contributed by atoms with Gasteiger partial charge in [0.05, 0.1) is 5.54 Å². The van der Waals surface area contributed by atoms with Crippen molar-refractivity contribution in [2.45, 2.75) is 51.1 Å². The Hall–Kier alpha value is -0.650. The number of amides is 1. The van der Waals surface area contributed by atoms with Crippen molar-refractivity contribution in [2.75, 3.05) is 39.4 Å². The molecule has 2 fully saturated rings. The van der Waals surface area contributed by atoms with Gasteiger partial charge in [0.25, 0.3) is 0 Å². The number of piperidine rings is 1. The van der Waals surface area contributed by atoms with Crippen molar-refractivity contribution in [3.8, 4) is 0 Å². The number of hydrogen-bond acceptors (Lipinski definition) is 4. The van der Waals surface area contributed by atoms with E-state index in [1.165, 1.54) is 0 Å². The Morgan fingerprint density at radius 1 is 1.25 bits per heavy atom. The molecule has 5 heteroatoms. The molecule has 20 heavy (non-hydrogen) atoms. The monoisotopic (exact) mass is 283 g/mol. The molecule has 2 rings (SSSR count). The molecule has 0 radical (unpaired) electrons. The molecule has 2 aliphatic heterocycles. The lowest BCUT2D eigenvalue weighted by molar-refractivity contribution is -0.142. The molecule has 2 aliphatic rings. The van der Waals surface area contributed by atoms with Gasteiger partial charge in [0.15, 0.2) is 0 Å². The molecule has 0 aromatic heterocycles. The fraction of sp³-hybridized carbons (Fsp3) is 0.933. The standard InChI is InChI=1S/C15H29N3O2/c1-3-17(4-2)13-5-9-18(10-6-13)14(19)15(16)7-11-20-12-8-15/h13H,3-12,16H2,1-2H3. The number of rotatable bonds is 4. The van der Waals surface area contributed by atoms with E-state index in [1.54, 1.807) is 0 Å². The second-order valence-electron chi connectivity index (χ2n) is 6.01. The Kier molecular flexibility index (Phi) is 5.41. The maximum Gasteiger partial charge on any atom is 0.242 e. The van der Waals surface area contributed by atoms with Gasteiger partial charge in [0, 0.05) is 32.3 Å². The molecule has 0 aromatic rings. The summed E-state index contributed by atoms with van der Waals surface area (Å²) in [5, 5.41) is 0. The maximum atomic E-state index is 12.6. The van der Waals surface area contributed by atoms with Crippen LogP contribution in [0.25, 0.3) is 0 Å². The Bertz CT molecular complexity index is 317. The normalized spacial score (nSPS) is 24.1. The van der Waals surface area contributed by atoms with Crippen molar-refractivity contribution in [2.24, 2.45) is 5.73 Å². The van der Waals surface area contributed by atoms with Gasteiger partial charge in [-0.2, -0.15) is 0 Å². The van der Waals surface area contributed by atoms with Crippen LogP contribution in [0.5, 0.6) is 0 Å². The van der Waals surface area contributed by atoms with E-state index in [0.29, 0.717) is 32.1 Å². The molecule has 0 aromatic carbocycles. The van der Waals surface area contributed by atoms with Gasteiger partial charge in [-0.3, -0.25) is 4.79 Å². The van der Waals surface area contributed by atoms with Crippen molar-refractivity contribution < 1.29 is 9.53 Å². The molecular formula is C15H29N3O2. The highest BCUT2D eigenvalue weighted by Crippen LogP contribution is 2.24. The summed E-state index contributed by atoms with van der Waals surface area (Å²) in [6.45, 7) is 9.51. The first kappa shape index (κ1) is 15.7. The van der Waals surface area contributed by atoms with Gasteiger partial charge in [0.2, 0.25) is 5.91 Å². The topological polar surface area (TPSA) is 58.8 Å². The summed E-state index contributed by atoms with van der Waals surface area (Å²) in [6.07, 6.45) is 3.45. The third-order valence-corrected chi connectivity index (χ3v) is 4.89. The van der Waals surface area contributed by atoms with Crippen LogP contribution in [0.1, 0.15) is 39.5 Å². The molecule has 0 bridgehead atoms. The van der Waals surface area contributed by atoms with E-state index < -0.39 is 5.54 Å². The summed E-state index contributed by atoms with van der Waals surface area (Å²) in [5.41, 5.74) is 5.62. The predicted octanol–water partition coefficient (Wildman–Crippen LogP) is 0.827. The highest BCUT2D eigenvalue weighted by molar-refractivity contribution is 5.86. The van der Waals surface area contributed by atoms with E-state index in [9.17, 15) is 4.79 Å². The first-order valence-corrected chi connectivity index (χ1v) is 8.00. The van der Waals surface area contributed by atoms with Gasteiger partial charge < -0.3 is 20.3 Å². The van der Waals surface area contributed by atoms with E-state index >= 15 is 0 Å². The third-order valence-electron chi connectivity index (χ3n) is 4.89. The first-order valence-electron chi connectivity index (χ1n) is 8.00. The maximum absolute atomic E-state index is 12.6. The van der Waals surface area contributed by atoms with Crippen molar-refractivity contribution >= 4 is 5.91 Å². The number of nitrogens with two attached hydrogens (primary N) is 1. The molecule has 0 aliphatic carbocycles. The number of nitrogens with zero attached hydrogens (tertiary/aromatic N) is 2. The minimum atomic E-state index is -0.680. The van der Waals surface area contributed by atoms with E-state index in [4.69, 9.17) is 10.5 Å². The molecule has 2 saturated heterocycles. The quantitative estimate of drug-likeness (QED) is 0.830. The van der Waals surface area contributed by atoms with Crippen LogP contribution in [0.15, 0.2) is 0 Å². The Labute approximate surface area is 122 Å². The molecule has 0 unspecified atom stereocenters. The molecule has 0 saturated carbocycles. The third kappa shape index (κ3) is 3.32. The van der Waals surface area contributed by atoms with Crippen molar-refractivity contribution in [1.82, 2.24) is 9.80 Å². The Morgan fingerprint density at radius 2 is 1.80 bits per heavy atom. The molecule has 2 N–H and O–H groups in total. The molecule has 2 heterocycles. The highest BCUT2D eigenvalue weighted by Gasteiger charge is 2.40. The van der Waals surface area contributed by atoms with E-state index in [-0.39, 0.29) is 5.91 Å². The van der Waals surface area contributed by atoms with Crippen LogP contribution in [0.2, 0.25) is 0 Å². The number of carbonyl (C=O) groups is 1. The van der Waals surface area contributed by atoms with Crippen molar-refractivity contribution in [1.29, 1.82) is 0 Å². The zero-order chi connectivity index (χ0) is 14.6. The van der Waals surface area contributed by atoms with Gasteiger partial charge in [-0.15, -0.1) is 0 Å². The minimum Gasteiger partial charge on any atom is -0.381 e.